The number of benzene rings is 2. The average molecular weight is 568 g/mol. The van der Waals surface area contributed by atoms with Gasteiger partial charge in [0.05, 0.1) is 28.9 Å². The van der Waals surface area contributed by atoms with Gasteiger partial charge in [-0.15, -0.1) is 0 Å². The standard InChI is InChI=1S/C33H41N7O2/c1-6-32(41)35-27-20-28(31(42-23-12-8-7-9-13-23)21-30(27)39(4)19-18-38(2)3)37-33-34-17-16-26(36-33)25-22-40(5)29-15-11-10-14-24(25)29/h6,10-11,14-17,20-23H,1,7-9,12-13,18-19H2,2-5H3,(H,35,41)(H,34,36,37). The van der Waals surface area contributed by atoms with Crippen LogP contribution >= 0.6 is 0 Å². The molecule has 0 bridgehead atoms. The molecule has 0 atom stereocenters. The van der Waals surface area contributed by atoms with Crippen molar-refractivity contribution in [2.24, 2.45) is 7.05 Å². The Morgan fingerprint density at radius 3 is 2.64 bits per heavy atom. The highest BCUT2D eigenvalue weighted by molar-refractivity contribution is 6.02. The first-order valence-corrected chi connectivity index (χ1v) is 14.6. The number of amides is 1. The van der Waals surface area contributed by atoms with E-state index in [1.165, 1.54) is 12.5 Å². The largest absolute Gasteiger partial charge is 0.488 e. The predicted molar refractivity (Wildman–Crippen MR) is 172 cm³/mol. The molecular formula is C33H41N7O2. The van der Waals surface area contributed by atoms with Gasteiger partial charge < -0.3 is 29.7 Å². The Morgan fingerprint density at radius 1 is 1.10 bits per heavy atom. The third-order valence-corrected chi connectivity index (χ3v) is 7.76. The second-order valence-electron chi connectivity index (χ2n) is 11.2. The lowest BCUT2D eigenvalue weighted by atomic mass is 9.98. The van der Waals surface area contributed by atoms with Crippen LogP contribution in [0, 0.1) is 0 Å². The minimum Gasteiger partial charge on any atom is -0.488 e. The normalized spacial score (nSPS) is 13.7. The van der Waals surface area contributed by atoms with Gasteiger partial charge in [0.1, 0.15) is 5.75 Å². The van der Waals surface area contributed by atoms with Crippen LogP contribution < -0.4 is 20.3 Å². The van der Waals surface area contributed by atoms with Gasteiger partial charge >= 0.3 is 0 Å². The molecule has 1 saturated carbocycles. The zero-order chi connectivity index (χ0) is 29.6. The molecule has 5 rings (SSSR count). The smallest absolute Gasteiger partial charge is 0.247 e. The maximum Gasteiger partial charge on any atom is 0.247 e. The van der Waals surface area contributed by atoms with Gasteiger partial charge in [0, 0.05) is 62.1 Å². The first-order chi connectivity index (χ1) is 20.3. The molecule has 0 unspecified atom stereocenters. The summed E-state index contributed by atoms with van der Waals surface area (Å²) in [5.41, 5.74) is 5.21. The van der Waals surface area contributed by atoms with Gasteiger partial charge in [0.25, 0.3) is 0 Å². The van der Waals surface area contributed by atoms with E-state index in [0.717, 1.165) is 66.6 Å². The van der Waals surface area contributed by atoms with Crippen molar-refractivity contribution in [3.63, 3.8) is 0 Å². The van der Waals surface area contributed by atoms with E-state index in [-0.39, 0.29) is 12.0 Å². The highest BCUT2D eigenvalue weighted by Gasteiger charge is 2.21. The molecule has 42 heavy (non-hydrogen) atoms. The van der Waals surface area contributed by atoms with Crippen molar-refractivity contribution < 1.29 is 9.53 Å². The minimum atomic E-state index is -0.279. The number of para-hydroxylation sites is 1. The molecule has 0 radical (unpaired) electrons. The van der Waals surface area contributed by atoms with Crippen LogP contribution in [0.3, 0.4) is 0 Å². The molecule has 0 aliphatic heterocycles. The number of hydrogen-bond acceptors (Lipinski definition) is 7. The van der Waals surface area contributed by atoms with Gasteiger partial charge in [-0.3, -0.25) is 4.79 Å². The second kappa shape index (κ2) is 13.1. The summed E-state index contributed by atoms with van der Waals surface area (Å²) >= 11 is 0. The summed E-state index contributed by atoms with van der Waals surface area (Å²) in [5.74, 6) is 0.881. The first kappa shape index (κ1) is 29.1. The van der Waals surface area contributed by atoms with E-state index in [1.807, 2.05) is 58.5 Å². The topological polar surface area (TPSA) is 87.5 Å². The van der Waals surface area contributed by atoms with Crippen LogP contribution in [0.4, 0.5) is 23.0 Å². The molecule has 1 amide bonds. The number of fused-ring (bicyclic) bond motifs is 1. The van der Waals surface area contributed by atoms with E-state index >= 15 is 0 Å². The maximum atomic E-state index is 12.5. The van der Waals surface area contributed by atoms with Crippen molar-refractivity contribution in [3.05, 3.63) is 67.5 Å². The lowest BCUT2D eigenvalue weighted by molar-refractivity contribution is -0.111. The third-order valence-electron chi connectivity index (χ3n) is 7.76. The third kappa shape index (κ3) is 6.74. The predicted octanol–water partition coefficient (Wildman–Crippen LogP) is 6.21. The van der Waals surface area contributed by atoms with Gasteiger partial charge in [0.15, 0.2) is 0 Å². The molecule has 1 fully saturated rings. The van der Waals surface area contributed by atoms with Gasteiger partial charge in [-0.1, -0.05) is 31.2 Å². The molecule has 2 aromatic heterocycles. The number of anilines is 4. The SMILES string of the molecule is C=CC(=O)Nc1cc(Nc2nccc(-c3cn(C)c4ccccc34)n2)c(OC2CCCCC2)cc1N(C)CCN(C)C. The number of hydrogen-bond donors (Lipinski definition) is 2. The van der Waals surface area contributed by atoms with Crippen LogP contribution in [0.15, 0.2) is 67.5 Å². The zero-order valence-electron chi connectivity index (χ0n) is 25.1. The molecule has 0 spiro atoms. The summed E-state index contributed by atoms with van der Waals surface area (Å²) in [7, 11) is 8.16. The van der Waals surface area contributed by atoms with Gasteiger partial charge in [-0.25, -0.2) is 9.97 Å². The Bertz CT molecular complexity index is 1560. The van der Waals surface area contributed by atoms with Crippen molar-refractivity contribution >= 4 is 39.8 Å². The van der Waals surface area contributed by atoms with Crippen molar-refractivity contribution in [3.8, 4) is 17.0 Å². The first-order valence-electron chi connectivity index (χ1n) is 14.6. The Kier molecular flexibility index (Phi) is 9.07. The number of aromatic nitrogens is 3. The van der Waals surface area contributed by atoms with E-state index in [0.29, 0.717) is 23.1 Å². The number of carbonyl (C=O) groups is 1. The highest BCUT2D eigenvalue weighted by Crippen LogP contribution is 2.40. The number of rotatable bonds is 11. The number of aryl methyl sites for hydroxylation is 1. The maximum absolute atomic E-state index is 12.5. The number of carbonyl (C=O) groups excluding carboxylic acids is 1. The van der Waals surface area contributed by atoms with Crippen LogP contribution in [0.5, 0.6) is 5.75 Å². The quantitative estimate of drug-likeness (QED) is 0.208. The van der Waals surface area contributed by atoms with E-state index in [4.69, 9.17) is 9.72 Å². The van der Waals surface area contributed by atoms with Gasteiger partial charge in [-0.2, -0.15) is 0 Å². The zero-order valence-corrected chi connectivity index (χ0v) is 25.1. The number of ether oxygens (including phenoxy) is 1. The number of nitrogens with one attached hydrogen (secondary N) is 2. The van der Waals surface area contributed by atoms with E-state index < -0.39 is 0 Å². The second-order valence-corrected chi connectivity index (χ2v) is 11.2. The molecule has 2 aromatic carbocycles. The fraction of sp³-hybridized carbons (Fsp3) is 0.364. The Morgan fingerprint density at radius 2 is 1.88 bits per heavy atom. The molecule has 9 nitrogen and oxygen atoms in total. The summed E-state index contributed by atoms with van der Waals surface area (Å²) < 4.78 is 8.75. The van der Waals surface area contributed by atoms with E-state index in [2.05, 4.69) is 54.9 Å². The van der Waals surface area contributed by atoms with Crippen LogP contribution in [-0.4, -0.2) is 65.7 Å². The van der Waals surface area contributed by atoms with Crippen LogP contribution in [0.1, 0.15) is 32.1 Å². The Balaban J connectivity index is 1.54. The molecule has 0 saturated heterocycles. The monoisotopic (exact) mass is 567 g/mol. The van der Waals surface area contributed by atoms with Crippen molar-refractivity contribution in [2.45, 2.75) is 38.2 Å². The molecule has 220 valence electrons. The molecule has 1 aliphatic carbocycles. The lowest BCUT2D eigenvalue weighted by Crippen LogP contribution is -2.29. The summed E-state index contributed by atoms with van der Waals surface area (Å²) in [6.07, 6.45) is 10.9. The molecular weight excluding hydrogens is 526 g/mol. The number of likely N-dealkylation sites (N-methyl/N-ethyl adjacent to an activating group) is 2. The fourth-order valence-electron chi connectivity index (χ4n) is 5.43. The van der Waals surface area contributed by atoms with Crippen LogP contribution in [0.2, 0.25) is 0 Å². The van der Waals surface area contributed by atoms with Crippen LogP contribution in [-0.2, 0) is 11.8 Å². The average Bonchev–Trinajstić information content (AvgIpc) is 3.34. The van der Waals surface area contributed by atoms with Crippen LogP contribution in [0.25, 0.3) is 22.2 Å². The highest BCUT2D eigenvalue weighted by atomic mass is 16.5. The molecule has 2 heterocycles. The Labute approximate surface area is 248 Å². The summed E-state index contributed by atoms with van der Waals surface area (Å²) in [4.78, 5) is 26.2. The van der Waals surface area contributed by atoms with Crippen molar-refractivity contribution in [1.82, 2.24) is 19.4 Å². The van der Waals surface area contributed by atoms with Gasteiger partial charge in [-0.05, 0) is 64.1 Å². The van der Waals surface area contributed by atoms with Crippen molar-refractivity contribution in [2.75, 3.05) is 49.8 Å². The molecule has 1 aliphatic rings. The molecule has 9 heteroatoms. The summed E-state index contributed by atoms with van der Waals surface area (Å²) in [6, 6.07) is 14.1. The van der Waals surface area contributed by atoms with Crippen molar-refractivity contribution in [1.29, 1.82) is 0 Å². The number of nitrogens with zero attached hydrogens (tertiary/aromatic N) is 5. The molecule has 2 N–H and O–H groups in total. The lowest BCUT2D eigenvalue weighted by Gasteiger charge is -2.28. The fourth-order valence-corrected chi connectivity index (χ4v) is 5.43. The van der Waals surface area contributed by atoms with E-state index in [1.54, 1.807) is 6.20 Å². The summed E-state index contributed by atoms with van der Waals surface area (Å²) in [5, 5.41) is 7.54. The Hall–Kier alpha value is -4.37. The molecule has 4 aromatic rings. The van der Waals surface area contributed by atoms with Gasteiger partial charge in [0.2, 0.25) is 11.9 Å². The van der Waals surface area contributed by atoms with E-state index in [9.17, 15) is 4.79 Å². The summed E-state index contributed by atoms with van der Waals surface area (Å²) in [6.45, 7) is 5.28. The minimum absolute atomic E-state index is 0.135.